The van der Waals surface area contributed by atoms with Crippen molar-refractivity contribution in [1.82, 2.24) is 4.90 Å². The summed E-state index contributed by atoms with van der Waals surface area (Å²) in [6, 6.07) is 8.99. The quantitative estimate of drug-likeness (QED) is 0.842. The molecule has 0 heterocycles. The maximum Gasteiger partial charge on any atom is 0.238 e. The Kier molecular flexibility index (Phi) is 6.00. The highest BCUT2D eigenvalue weighted by Gasteiger charge is 2.12. The van der Waals surface area contributed by atoms with E-state index in [-0.39, 0.29) is 11.9 Å². The molecule has 1 aromatic carbocycles. The molecule has 0 saturated heterocycles. The van der Waals surface area contributed by atoms with Gasteiger partial charge in [-0.15, -0.1) is 0 Å². The molecule has 1 atom stereocenters. The molecule has 0 fully saturated rings. The molecule has 0 spiro atoms. The molecule has 1 aromatic rings. The van der Waals surface area contributed by atoms with Gasteiger partial charge in [0.05, 0.1) is 24.8 Å². The minimum absolute atomic E-state index is 0.0878. The molecule has 1 rings (SSSR count). The highest BCUT2D eigenvalue weighted by Crippen LogP contribution is 2.08. The third-order valence-electron chi connectivity index (χ3n) is 2.85. The summed E-state index contributed by atoms with van der Waals surface area (Å²) in [5, 5.41) is 11.5. The van der Waals surface area contributed by atoms with Crippen LogP contribution >= 0.6 is 0 Å². The van der Waals surface area contributed by atoms with Gasteiger partial charge in [0.1, 0.15) is 0 Å². The summed E-state index contributed by atoms with van der Waals surface area (Å²) in [5.74, 6) is -0.0878. The fourth-order valence-corrected chi connectivity index (χ4v) is 1.58. The van der Waals surface area contributed by atoms with E-state index in [1.165, 1.54) is 0 Å². The van der Waals surface area contributed by atoms with Gasteiger partial charge in [0.2, 0.25) is 5.91 Å². The Bertz CT molecular complexity index is 451. The molecule has 1 unspecified atom stereocenters. The van der Waals surface area contributed by atoms with E-state index in [0.717, 1.165) is 0 Å². The van der Waals surface area contributed by atoms with Gasteiger partial charge in [0.25, 0.3) is 0 Å². The fraction of sp³-hybridized carbons (Fsp3) is 0.429. The number of anilines is 1. The molecule has 1 amide bonds. The number of nitrogens with one attached hydrogen (secondary N) is 1. The first kappa shape index (κ1) is 15.2. The summed E-state index contributed by atoms with van der Waals surface area (Å²) in [6.45, 7) is 2.88. The summed E-state index contributed by atoms with van der Waals surface area (Å²) in [5.41, 5.74) is 1.26. The van der Waals surface area contributed by atoms with Gasteiger partial charge in [-0.25, -0.2) is 0 Å². The lowest BCUT2D eigenvalue weighted by Gasteiger charge is -2.23. The monoisotopic (exact) mass is 261 g/mol. The summed E-state index contributed by atoms with van der Waals surface area (Å²) >= 11 is 0. The molecule has 0 radical (unpaired) electrons. The smallest absolute Gasteiger partial charge is 0.238 e. The minimum Gasteiger partial charge on any atom is -0.383 e. The largest absolute Gasteiger partial charge is 0.383 e. The lowest BCUT2D eigenvalue weighted by Crippen LogP contribution is -2.38. The summed E-state index contributed by atoms with van der Waals surface area (Å²) in [7, 11) is 3.52. The van der Waals surface area contributed by atoms with Crippen LogP contribution in [0.1, 0.15) is 12.5 Å². The molecular weight excluding hydrogens is 242 g/mol. The van der Waals surface area contributed by atoms with Crippen LogP contribution in [0.15, 0.2) is 24.3 Å². The van der Waals surface area contributed by atoms with Gasteiger partial charge in [0, 0.05) is 18.8 Å². The topological polar surface area (TPSA) is 65.4 Å². The summed E-state index contributed by atoms with van der Waals surface area (Å²) in [4.78, 5) is 13.7. The zero-order valence-electron chi connectivity index (χ0n) is 11.5. The molecule has 0 aromatic heterocycles. The van der Waals surface area contributed by atoms with Crippen molar-refractivity contribution in [2.75, 3.05) is 32.6 Å². The Balaban J connectivity index is 2.48. The molecule has 0 saturated carbocycles. The van der Waals surface area contributed by atoms with Gasteiger partial charge < -0.3 is 10.1 Å². The van der Waals surface area contributed by atoms with Crippen molar-refractivity contribution >= 4 is 11.6 Å². The number of carbonyl (C=O) groups is 1. The van der Waals surface area contributed by atoms with E-state index in [1.807, 2.05) is 24.9 Å². The van der Waals surface area contributed by atoms with E-state index in [0.29, 0.717) is 24.4 Å². The third kappa shape index (κ3) is 5.08. The molecule has 0 aliphatic rings. The first-order valence-electron chi connectivity index (χ1n) is 6.06. The zero-order valence-corrected chi connectivity index (χ0v) is 11.5. The first-order chi connectivity index (χ1) is 9.06. The molecule has 5 nitrogen and oxygen atoms in total. The van der Waals surface area contributed by atoms with Crippen molar-refractivity contribution in [3.63, 3.8) is 0 Å². The van der Waals surface area contributed by atoms with Gasteiger partial charge in [-0.05, 0) is 38.2 Å². The number of methoxy groups -OCH3 is 1. The third-order valence-corrected chi connectivity index (χ3v) is 2.85. The average molecular weight is 261 g/mol. The molecule has 0 bridgehead atoms. The number of hydrogen-bond donors (Lipinski definition) is 1. The number of ether oxygens (including phenoxy) is 1. The Hall–Kier alpha value is -1.90. The van der Waals surface area contributed by atoms with Crippen LogP contribution in [0.3, 0.4) is 0 Å². The predicted molar refractivity (Wildman–Crippen MR) is 73.8 cm³/mol. The van der Waals surface area contributed by atoms with Gasteiger partial charge in [-0.1, -0.05) is 0 Å². The van der Waals surface area contributed by atoms with Gasteiger partial charge in [0.15, 0.2) is 0 Å². The van der Waals surface area contributed by atoms with Crippen LogP contribution in [0.5, 0.6) is 0 Å². The number of carbonyl (C=O) groups excluding carboxylic acids is 1. The van der Waals surface area contributed by atoms with Crippen molar-refractivity contribution in [2.45, 2.75) is 13.0 Å². The Morgan fingerprint density at radius 1 is 1.47 bits per heavy atom. The number of nitrogens with zero attached hydrogens (tertiary/aromatic N) is 2. The minimum atomic E-state index is -0.0878. The highest BCUT2D eigenvalue weighted by atomic mass is 16.5. The normalized spacial score (nSPS) is 11.9. The second kappa shape index (κ2) is 7.52. The molecular formula is C14H19N3O2. The Labute approximate surface area is 113 Å². The average Bonchev–Trinajstić information content (AvgIpc) is 2.39. The van der Waals surface area contributed by atoms with Crippen LogP contribution in [-0.2, 0) is 9.53 Å². The van der Waals surface area contributed by atoms with Crippen LogP contribution in [0.25, 0.3) is 0 Å². The van der Waals surface area contributed by atoms with E-state index < -0.39 is 0 Å². The van der Waals surface area contributed by atoms with Crippen molar-refractivity contribution in [1.29, 1.82) is 5.26 Å². The van der Waals surface area contributed by atoms with Crippen LogP contribution in [0, 0.1) is 11.3 Å². The van der Waals surface area contributed by atoms with E-state index in [9.17, 15) is 4.79 Å². The lowest BCUT2D eigenvalue weighted by atomic mass is 10.2. The summed E-state index contributed by atoms with van der Waals surface area (Å²) in [6.07, 6.45) is 0. The number of benzene rings is 1. The highest BCUT2D eigenvalue weighted by molar-refractivity contribution is 5.92. The van der Waals surface area contributed by atoms with Crippen LogP contribution in [0.2, 0.25) is 0 Å². The van der Waals surface area contributed by atoms with E-state index >= 15 is 0 Å². The maximum atomic E-state index is 11.8. The van der Waals surface area contributed by atoms with Gasteiger partial charge in [-0.2, -0.15) is 5.26 Å². The molecule has 5 heteroatoms. The lowest BCUT2D eigenvalue weighted by molar-refractivity contribution is -0.117. The number of likely N-dealkylation sites (N-methyl/N-ethyl adjacent to an activating group) is 1. The van der Waals surface area contributed by atoms with Crippen LogP contribution < -0.4 is 5.32 Å². The van der Waals surface area contributed by atoms with Gasteiger partial charge >= 0.3 is 0 Å². The number of amides is 1. The standard InChI is InChI=1S/C14H19N3O2/c1-11(10-19-3)17(2)9-14(18)16-13-6-4-12(8-15)5-7-13/h4-7,11H,9-10H2,1-3H3,(H,16,18). The fourth-order valence-electron chi connectivity index (χ4n) is 1.58. The molecule has 1 N–H and O–H groups in total. The second-order valence-corrected chi connectivity index (χ2v) is 4.46. The van der Waals surface area contributed by atoms with E-state index in [1.54, 1.807) is 31.4 Å². The van der Waals surface area contributed by atoms with Gasteiger partial charge in [-0.3, -0.25) is 9.69 Å². The molecule has 102 valence electrons. The van der Waals surface area contributed by atoms with Crippen molar-refractivity contribution < 1.29 is 9.53 Å². The molecule has 0 aliphatic carbocycles. The summed E-state index contributed by atoms with van der Waals surface area (Å²) < 4.78 is 5.05. The zero-order chi connectivity index (χ0) is 14.3. The number of nitriles is 1. The SMILES string of the molecule is COCC(C)N(C)CC(=O)Nc1ccc(C#N)cc1. The van der Waals surface area contributed by atoms with Crippen LogP contribution in [0.4, 0.5) is 5.69 Å². The van der Waals surface area contributed by atoms with Crippen LogP contribution in [-0.4, -0.2) is 44.2 Å². The number of hydrogen-bond acceptors (Lipinski definition) is 4. The maximum absolute atomic E-state index is 11.8. The van der Waals surface area contributed by atoms with Crippen molar-refractivity contribution in [3.05, 3.63) is 29.8 Å². The Morgan fingerprint density at radius 3 is 2.63 bits per heavy atom. The second-order valence-electron chi connectivity index (χ2n) is 4.46. The first-order valence-corrected chi connectivity index (χ1v) is 6.06. The molecule has 19 heavy (non-hydrogen) atoms. The Morgan fingerprint density at radius 2 is 2.11 bits per heavy atom. The van der Waals surface area contributed by atoms with Crippen molar-refractivity contribution in [3.8, 4) is 6.07 Å². The van der Waals surface area contributed by atoms with Crippen molar-refractivity contribution in [2.24, 2.45) is 0 Å². The molecule has 0 aliphatic heterocycles. The van der Waals surface area contributed by atoms with E-state index in [2.05, 4.69) is 5.32 Å². The van der Waals surface area contributed by atoms with E-state index in [4.69, 9.17) is 10.00 Å². The predicted octanol–water partition coefficient (Wildman–Crippen LogP) is 1.46. The number of rotatable bonds is 6.